The van der Waals surface area contributed by atoms with Gasteiger partial charge in [0.25, 0.3) is 0 Å². The van der Waals surface area contributed by atoms with Gasteiger partial charge >= 0.3 is 0 Å². The molecule has 0 aliphatic heterocycles. The zero-order chi connectivity index (χ0) is 9.14. The molecule has 0 aromatic heterocycles. The molecule has 0 bridgehead atoms. The molecule has 0 heterocycles. The van der Waals surface area contributed by atoms with Crippen LogP contribution in [-0.2, 0) is 4.74 Å². The van der Waals surface area contributed by atoms with Gasteiger partial charge in [-0.2, -0.15) is 0 Å². The van der Waals surface area contributed by atoms with Crippen LogP contribution >= 0.6 is 0 Å². The van der Waals surface area contributed by atoms with Crippen molar-refractivity contribution in [1.82, 2.24) is 5.32 Å². The summed E-state index contributed by atoms with van der Waals surface area (Å²) in [4.78, 5) is 0. The van der Waals surface area contributed by atoms with Crippen molar-refractivity contribution in [2.45, 2.75) is 39.3 Å². The Kier molecular flexibility index (Phi) is 3.53. The summed E-state index contributed by atoms with van der Waals surface area (Å²) in [5.74, 6) is 1.87. The number of nitrogens with one attached hydrogen (secondary N) is 1. The summed E-state index contributed by atoms with van der Waals surface area (Å²) < 4.78 is 5.23. The summed E-state index contributed by atoms with van der Waals surface area (Å²) >= 11 is 0. The molecule has 0 aromatic carbocycles. The van der Waals surface area contributed by atoms with E-state index in [0.29, 0.717) is 12.1 Å². The molecule has 2 heteroatoms. The maximum atomic E-state index is 5.23. The van der Waals surface area contributed by atoms with Crippen molar-refractivity contribution < 1.29 is 4.74 Å². The first-order valence-electron chi connectivity index (χ1n) is 4.91. The molecule has 1 aliphatic carbocycles. The molecule has 0 radical (unpaired) electrons. The molecular formula is C10H21NO. The summed E-state index contributed by atoms with van der Waals surface area (Å²) in [6.45, 7) is 7.77. The minimum atomic E-state index is 0.319. The molecule has 1 rings (SSSR count). The predicted molar refractivity (Wildman–Crippen MR) is 51.2 cm³/mol. The third-order valence-electron chi connectivity index (χ3n) is 3.05. The lowest BCUT2D eigenvalue weighted by Crippen LogP contribution is -2.37. The lowest BCUT2D eigenvalue weighted by Gasteiger charge is -2.19. The Balaban J connectivity index is 2.05. The molecule has 0 spiro atoms. The average Bonchev–Trinajstić information content (AvgIpc) is 2.76. The van der Waals surface area contributed by atoms with Crippen molar-refractivity contribution in [1.29, 1.82) is 0 Å². The van der Waals surface area contributed by atoms with E-state index in [2.05, 4.69) is 26.1 Å². The number of hydrogen-bond acceptors (Lipinski definition) is 2. The van der Waals surface area contributed by atoms with Crippen molar-refractivity contribution in [3.05, 3.63) is 0 Å². The molecule has 0 aromatic rings. The van der Waals surface area contributed by atoms with Crippen LogP contribution in [0.3, 0.4) is 0 Å². The Morgan fingerprint density at radius 2 is 2.08 bits per heavy atom. The van der Waals surface area contributed by atoms with Crippen molar-refractivity contribution in [3.8, 4) is 0 Å². The van der Waals surface area contributed by atoms with Gasteiger partial charge in [-0.25, -0.2) is 0 Å². The third-order valence-corrected chi connectivity index (χ3v) is 3.05. The fraction of sp³-hybridized carbons (Fsp3) is 1.00. The Morgan fingerprint density at radius 3 is 2.50 bits per heavy atom. The topological polar surface area (TPSA) is 21.3 Å². The van der Waals surface area contributed by atoms with E-state index in [-0.39, 0.29) is 0 Å². The second-order valence-corrected chi connectivity index (χ2v) is 4.11. The van der Waals surface area contributed by atoms with Gasteiger partial charge in [-0.3, -0.25) is 0 Å². The largest absolute Gasteiger partial charge is 0.380 e. The van der Waals surface area contributed by atoms with Crippen LogP contribution in [0.25, 0.3) is 0 Å². The highest BCUT2D eigenvalue weighted by Crippen LogP contribution is 2.36. The first kappa shape index (κ1) is 10.0. The highest BCUT2D eigenvalue weighted by Gasteiger charge is 2.32. The highest BCUT2D eigenvalue weighted by atomic mass is 16.5. The summed E-state index contributed by atoms with van der Waals surface area (Å²) in [5.41, 5.74) is 0. The summed E-state index contributed by atoms with van der Waals surface area (Å²) in [5, 5.41) is 3.50. The molecule has 0 amide bonds. The first-order valence-corrected chi connectivity index (χ1v) is 4.91. The van der Waals surface area contributed by atoms with Crippen LogP contribution in [0.4, 0.5) is 0 Å². The van der Waals surface area contributed by atoms with Crippen molar-refractivity contribution in [2.75, 3.05) is 13.7 Å². The van der Waals surface area contributed by atoms with Crippen LogP contribution in [0.15, 0.2) is 0 Å². The Hall–Kier alpha value is -0.0800. The number of methoxy groups -OCH3 is 1. The minimum absolute atomic E-state index is 0.319. The van der Waals surface area contributed by atoms with Gasteiger partial charge in [-0.15, -0.1) is 0 Å². The molecule has 1 fully saturated rings. The van der Waals surface area contributed by atoms with E-state index in [0.717, 1.165) is 18.4 Å². The van der Waals surface area contributed by atoms with E-state index >= 15 is 0 Å². The van der Waals surface area contributed by atoms with Gasteiger partial charge in [0.15, 0.2) is 0 Å². The Labute approximate surface area is 75.7 Å². The van der Waals surface area contributed by atoms with E-state index in [1.54, 1.807) is 7.11 Å². The van der Waals surface area contributed by atoms with Gasteiger partial charge < -0.3 is 10.1 Å². The van der Waals surface area contributed by atoms with Gasteiger partial charge in [0.05, 0.1) is 6.10 Å². The van der Waals surface area contributed by atoms with Gasteiger partial charge in [0.2, 0.25) is 0 Å². The smallest absolute Gasteiger partial charge is 0.0693 e. The second-order valence-electron chi connectivity index (χ2n) is 4.11. The molecule has 12 heavy (non-hydrogen) atoms. The Morgan fingerprint density at radius 1 is 1.50 bits per heavy atom. The summed E-state index contributed by atoms with van der Waals surface area (Å²) in [7, 11) is 1.77. The summed E-state index contributed by atoms with van der Waals surface area (Å²) in [6, 6.07) is 0.475. The van der Waals surface area contributed by atoms with Gasteiger partial charge in [-0.1, -0.05) is 6.92 Å². The average molecular weight is 171 g/mol. The van der Waals surface area contributed by atoms with Crippen molar-refractivity contribution >= 4 is 0 Å². The lowest BCUT2D eigenvalue weighted by atomic mass is 10.2. The fourth-order valence-electron chi connectivity index (χ4n) is 1.39. The van der Waals surface area contributed by atoms with E-state index < -0.39 is 0 Å². The molecule has 4 atom stereocenters. The van der Waals surface area contributed by atoms with Crippen LogP contribution in [0.5, 0.6) is 0 Å². The third kappa shape index (κ3) is 2.76. The van der Waals surface area contributed by atoms with Crippen LogP contribution in [0, 0.1) is 11.8 Å². The zero-order valence-corrected chi connectivity index (χ0v) is 8.63. The van der Waals surface area contributed by atoms with E-state index in [1.165, 1.54) is 6.42 Å². The maximum absolute atomic E-state index is 5.23. The molecule has 1 saturated carbocycles. The quantitative estimate of drug-likeness (QED) is 0.679. The van der Waals surface area contributed by atoms with Crippen molar-refractivity contribution in [3.63, 3.8) is 0 Å². The zero-order valence-electron chi connectivity index (χ0n) is 8.63. The monoisotopic (exact) mass is 171 g/mol. The molecule has 1 N–H and O–H groups in total. The normalized spacial score (nSPS) is 33.0. The van der Waals surface area contributed by atoms with E-state index in [4.69, 9.17) is 4.74 Å². The van der Waals surface area contributed by atoms with Crippen molar-refractivity contribution in [2.24, 2.45) is 11.8 Å². The first-order chi connectivity index (χ1) is 5.65. The number of ether oxygens (including phenoxy) is 1. The Bertz CT molecular complexity index is 138. The minimum Gasteiger partial charge on any atom is -0.380 e. The van der Waals surface area contributed by atoms with E-state index in [9.17, 15) is 0 Å². The van der Waals surface area contributed by atoms with Crippen LogP contribution in [0.1, 0.15) is 27.2 Å². The maximum Gasteiger partial charge on any atom is 0.0693 e. The van der Waals surface area contributed by atoms with Gasteiger partial charge in [0, 0.05) is 13.2 Å². The molecule has 4 unspecified atom stereocenters. The molecule has 72 valence electrons. The van der Waals surface area contributed by atoms with E-state index in [1.807, 2.05) is 0 Å². The SMILES string of the molecule is COC(C)C(C)NCC1CC1C. The van der Waals surface area contributed by atoms with Crippen LogP contribution < -0.4 is 5.32 Å². The molecule has 0 saturated heterocycles. The standard InChI is InChI=1S/C10H21NO/c1-7-5-10(7)6-11-8(2)9(3)12-4/h7-11H,5-6H2,1-4H3. The van der Waals surface area contributed by atoms with Crippen LogP contribution in [-0.4, -0.2) is 25.8 Å². The molecule has 2 nitrogen and oxygen atoms in total. The van der Waals surface area contributed by atoms with Crippen LogP contribution in [0.2, 0.25) is 0 Å². The number of hydrogen-bond donors (Lipinski definition) is 1. The molecular weight excluding hydrogens is 150 g/mol. The predicted octanol–water partition coefficient (Wildman–Crippen LogP) is 1.66. The van der Waals surface area contributed by atoms with Gasteiger partial charge in [0.1, 0.15) is 0 Å². The highest BCUT2D eigenvalue weighted by molar-refractivity contribution is 4.85. The fourth-order valence-corrected chi connectivity index (χ4v) is 1.39. The second kappa shape index (κ2) is 4.24. The van der Waals surface area contributed by atoms with Gasteiger partial charge in [-0.05, 0) is 38.6 Å². The summed E-state index contributed by atoms with van der Waals surface area (Å²) in [6.07, 6.45) is 1.72. The number of rotatable bonds is 5. The lowest BCUT2D eigenvalue weighted by molar-refractivity contribution is 0.0883. The molecule has 1 aliphatic rings.